The van der Waals surface area contributed by atoms with Crippen LogP contribution in [0.5, 0.6) is 0 Å². The molecule has 0 aliphatic rings. The Hall–Kier alpha value is -0.780. The van der Waals surface area contributed by atoms with Crippen molar-refractivity contribution < 1.29 is 17.9 Å². The monoisotopic (exact) mass is 282 g/mol. The van der Waals surface area contributed by atoms with Gasteiger partial charge in [-0.1, -0.05) is 11.6 Å². The molecule has 0 unspecified atom stereocenters. The van der Waals surface area contributed by atoms with Gasteiger partial charge in [-0.2, -0.15) is 0 Å². The number of carbonyl (C=O) groups is 1. The average molecular weight is 283 g/mol. The molecule has 1 rings (SSSR count). The summed E-state index contributed by atoms with van der Waals surface area (Å²) in [6.07, 6.45) is 0. The maximum Gasteiger partial charge on any atom is 0.338 e. The molecule has 0 heterocycles. The maximum absolute atomic E-state index is 11.4. The van der Waals surface area contributed by atoms with E-state index in [0.29, 0.717) is 0 Å². The van der Waals surface area contributed by atoms with Crippen molar-refractivity contribution in [2.45, 2.75) is 11.8 Å². The van der Waals surface area contributed by atoms with E-state index in [0.717, 1.165) is 12.1 Å². The summed E-state index contributed by atoms with van der Waals surface area (Å²) in [7, 11) is 1.23. The van der Waals surface area contributed by atoms with Crippen LogP contribution in [0.1, 0.15) is 17.3 Å². The quantitative estimate of drug-likeness (QED) is 0.631. The molecule has 1 aromatic rings. The van der Waals surface area contributed by atoms with E-state index < -0.39 is 15.0 Å². The van der Waals surface area contributed by atoms with E-state index in [1.807, 2.05) is 0 Å². The van der Waals surface area contributed by atoms with Crippen LogP contribution in [0.3, 0.4) is 0 Å². The first-order valence-corrected chi connectivity index (χ1v) is 6.95. The van der Waals surface area contributed by atoms with Crippen molar-refractivity contribution in [2.75, 3.05) is 6.61 Å². The second kappa shape index (κ2) is 5.03. The molecule has 0 amide bonds. The summed E-state index contributed by atoms with van der Waals surface area (Å²) in [6, 6.07) is 3.59. The molecule has 16 heavy (non-hydrogen) atoms. The van der Waals surface area contributed by atoms with Crippen LogP contribution in [-0.2, 0) is 13.8 Å². The molecular weight excluding hydrogens is 275 g/mol. The van der Waals surface area contributed by atoms with Gasteiger partial charge in [0.1, 0.15) is 0 Å². The van der Waals surface area contributed by atoms with Crippen LogP contribution in [0.4, 0.5) is 0 Å². The molecule has 0 atom stereocenters. The van der Waals surface area contributed by atoms with Crippen LogP contribution in [0.25, 0.3) is 0 Å². The summed E-state index contributed by atoms with van der Waals surface area (Å²) in [6.45, 7) is 1.83. The van der Waals surface area contributed by atoms with Crippen molar-refractivity contribution in [3.05, 3.63) is 28.8 Å². The number of carbonyl (C=O) groups excluding carboxylic acids is 1. The molecule has 0 fully saturated rings. The Morgan fingerprint density at radius 2 is 2.00 bits per heavy atom. The third-order valence-corrected chi connectivity index (χ3v) is 3.22. The molecule has 0 aliphatic carbocycles. The lowest BCUT2D eigenvalue weighted by Crippen LogP contribution is -2.05. The zero-order valence-electron chi connectivity index (χ0n) is 8.24. The van der Waals surface area contributed by atoms with Gasteiger partial charge in [-0.25, -0.2) is 13.2 Å². The van der Waals surface area contributed by atoms with Crippen molar-refractivity contribution in [1.82, 2.24) is 0 Å². The fourth-order valence-electron chi connectivity index (χ4n) is 1.04. The number of benzene rings is 1. The Bertz CT molecular complexity index is 510. The van der Waals surface area contributed by atoms with Gasteiger partial charge in [0, 0.05) is 15.7 Å². The SMILES string of the molecule is CCOC(=O)c1cc(Cl)cc(S(=O)(=O)Cl)c1. The highest BCUT2D eigenvalue weighted by Crippen LogP contribution is 2.22. The Kier molecular flexibility index (Phi) is 4.18. The molecule has 0 bridgehead atoms. The molecule has 0 saturated heterocycles. The molecule has 0 saturated carbocycles. The molecule has 1 aromatic carbocycles. The van der Waals surface area contributed by atoms with Gasteiger partial charge in [0.05, 0.1) is 17.1 Å². The number of hydrogen-bond acceptors (Lipinski definition) is 4. The number of hydrogen-bond donors (Lipinski definition) is 0. The molecule has 0 aromatic heterocycles. The molecule has 0 radical (unpaired) electrons. The van der Waals surface area contributed by atoms with Crippen LogP contribution in [-0.4, -0.2) is 21.0 Å². The van der Waals surface area contributed by atoms with Crippen LogP contribution < -0.4 is 0 Å². The topological polar surface area (TPSA) is 60.4 Å². The van der Waals surface area contributed by atoms with Crippen LogP contribution in [0.2, 0.25) is 5.02 Å². The molecule has 7 heteroatoms. The van der Waals surface area contributed by atoms with Crippen molar-refractivity contribution in [3.8, 4) is 0 Å². The zero-order chi connectivity index (χ0) is 12.3. The summed E-state index contributed by atoms with van der Waals surface area (Å²) < 4.78 is 26.9. The van der Waals surface area contributed by atoms with Crippen molar-refractivity contribution in [3.63, 3.8) is 0 Å². The number of esters is 1. The third-order valence-electron chi connectivity index (χ3n) is 1.66. The van der Waals surface area contributed by atoms with Crippen molar-refractivity contribution in [2.24, 2.45) is 0 Å². The lowest BCUT2D eigenvalue weighted by atomic mass is 10.2. The van der Waals surface area contributed by atoms with E-state index in [2.05, 4.69) is 0 Å². The third kappa shape index (κ3) is 3.37. The van der Waals surface area contributed by atoms with Gasteiger partial charge < -0.3 is 4.74 Å². The van der Waals surface area contributed by atoms with Crippen molar-refractivity contribution >= 4 is 37.3 Å². The van der Waals surface area contributed by atoms with E-state index in [-0.39, 0.29) is 22.1 Å². The largest absolute Gasteiger partial charge is 0.462 e. The Balaban J connectivity index is 3.24. The summed E-state index contributed by atoms with van der Waals surface area (Å²) >= 11 is 5.67. The molecule has 0 aliphatic heterocycles. The van der Waals surface area contributed by atoms with Gasteiger partial charge >= 0.3 is 5.97 Å². The predicted octanol–water partition coefficient (Wildman–Crippen LogP) is 2.44. The first-order valence-electron chi connectivity index (χ1n) is 4.27. The van der Waals surface area contributed by atoms with Gasteiger partial charge in [0.25, 0.3) is 9.05 Å². The van der Waals surface area contributed by atoms with Crippen LogP contribution >= 0.6 is 22.3 Å². The standard InChI is InChI=1S/C9H8Cl2O4S/c1-2-15-9(12)6-3-7(10)5-8(4-6)16(11,13)14/h3-5H,2H2,1H3. The summed E-state index contributed by atoms with van der Waals surface area (Å²) in [4.78, 5) is 11.1. The van der Waals surface area contributed by atoms with E-state index >= 15 is 0 Å². The normalized spacial score (nSPS) is 11.2. The smallest absolute Gasteiger partial charge is 0.338 e. The van der Waals surface area contributed by atoms with Gasteiger partial charge in [-0.15, -0.1) is 0 Å². The second-order valence-corrected chi connectivity index (χ2v) is 5.84. The number of rotatable bonds is 3. The van der Waals surface area contributed by atoms with E-state index in [1.54, 1.807) is 6.92 Å². The van der Waals surface area contributed by atoms with Gasteiger partial charge in [-0.3, -0.25) is 0 Å². The Labute approximate surface area is 103 Å². The van der Waals surface area contributed by atoms with Crippen molar-refractivity contribution in [1.29, 1.82) is 0 Å². The highest BCUT2D eigenvalue weighted by atomic mass is 35.7. The minimum Gasteiger partial charge on any atom is -0.462 e. The summed E-state index contributed by atoms with van der Waals surface area (Å²) in [5.41, 5.74) is 0.0496. The number of ether oxygens (including phenoxy) is 1. The molecular formula is C9H8Cl2O4S. The fourth-order valence-corrected chi connectivity index (χ4v) is 2.14. The lowest BCUT2D eigenvalue weighted by Gasteiger charge is -2.04. The minimum atomic E-state index is -3.92. The number of halogens is 2. The first kappa shape index (κ1) is 13.3. The molecule has 0 N–H and O–H groups in total. The zero-order valence-corrected chi connectivity index (χ0v) is 10.6. The Morgan fingerprint density at radius 1 is 1.38 bits per heavy atom. The van der Waals surface area contributed by atoms with Gasteiger partial charge in [0.15, 0.2) is 0 Å². The second-order valence-electron chi connectivity index (χ2n) is 2.83. The van der Waals surface area contributed by atoms with E-state index in [4.69, 9.17) is 27.0 Å². The summed E-state index contributed by atoms with van der Waals surface area (Å²) in [5.74, 6) is -0.647. The Morgan fingerprint density at radius 3 is 2.50 bits per heavy atom. The highest BCUT2D eigenvalue weighted by molar-refractivity contribution is 8.13. The molecule has 88 valence electrons. The highest BCUT2D eigenvalue weighted by Gasteiger charge is 2.15. The maximum atomic E-state index is 11.4. The predicted molar refractivity (Wildman–Crippen MR) is 60.4 cm³/mol. The molecule has 0 spiro atoms. The fraction of sp³-hybridized carbons (Fsp3) is 0.222. The average Bonchev–Trinajstić information content (AvgIpc) is 2.16. The van der Waals surface area contributed by atoms with Gasteiger partial charge in [0.2, 0.25) is 0 Å². The van der Waals surface area contributed by atoms with Crippen LogP contribution in [0.15, 0.2) is 23.1 Å². The first-order chi connectivity index (χ1) is 7.34. The lowest BCUT2D eigenvalue weighted by molar-refractivity contribution is 0.0526. The van der Waals surface area contributed by atoms with E-state index in [9.17, 15) is 13.2 Å². The minimum absolute atomic E-state index is 0.0496. The van der Waals surface area contributed by atoms with E-state index in [1.165, 1.54) is 6.07 Å². The summed E-state index contributed by atoms with van der Waals surface area (Å²) in [5, 5.41) is 0.102. The van der Waals surface area contributed by atoms with Gasteiger partial charge in [-0.05, 0) is 25.1 Å². The van der Waals surface area contributed by atoms with Crippen LogP contribution in [0, 0.1) is 0 Å². The molecule has 4 nitrogen and oxygen atoms in total.